The van der Waals surface area contributed by atoms with E-state index in [9.17, 15) is 16.8 Å². The third kappa shape index (κ3) is 8.19. The van der Waals surface area contributed by atoms with E-state index in [2.05, 4.69) is 35.2 Å². The highest BCUT2D eigenvalue weighted by Crippen LogP contribution is 2.46. The van der Waals surface area contributed by atoms with Gasteiger partial charge in [0.2, 0.25) is 10.0 Å². The van der Waals surface area contributed by atoms with Gasteiger partial charge in [-0.1, -0.05) is 74.6 Å². The van der Waals surface area contributed by atoms with Crippen LogP contribution >= 0.6 is 11.3 Å². The Morgan fingerprint density at radius 2 is 1.69 bits per heavy atom. The SMILES string of the molecule is CC(C)(C)CCOc1cccc(-c2sc3nc2-c2ccccc2C(F)(F)CCCCS(=O)(=O)Nc2cccc(c2)S(=O)(=O)N3)c1. The van der Waals surface area contributed by atoms with Crippen LogP contribution < -0.4 is 14.2 Å². The molecule has 4 aromatic rings. The van der Waals surface area contributed by atoms with Crippen molar-refractivity contribution in [2.75, 3.05) is 21.8 Å². The summed E-state index contributed by atoms with van der Waals surface area (Å²) < 4.78 is 94.7. The van der Waals surface area contributed by atoms with Crippen molar-refractivity contribution in [2.24, 2.45) is 5.41 Å². The molecular weight excluding hydrogens is 641 g/mol. The summed E-state index contributed by atoms with van der Waals surface area (Å²) in [6.07, 6.45) is 0.174. The van der Waals surface area contributed by atoms with Crippen LogP contribution in [0.3, 0.4) is 0 Å². The number of sulfonamides is 2. The lowest BCUT2D eigenvalue weighted by Crippen LogP contribution is -2.19. The van der Waals surface area contributed by atoms with Gasteiger partial charge in [-0.3, -0.25) is 9.44 Å². The van der Waals surface area contributed by atoms with E-state index in [1.807, 2.05) is 6.07 Å². The number of hydrogen-bond acceptors (Lipinski definition) is 7. The fraction of sp³-hybridized carbons (Fsp3) is 0.344. The largest absolute Gasteiger partial charge is 0.494 e. The molecule has 0 fully saturated rings. The lowest BCUT2D eigenvalue weighted by molar-refractivity contribution is -0.0148. The Kier molecular flexibility index (Phi) is 9.25. The molecule has 1 aromatic heterocycles. The maximum absolute atomic E-state index is 15.8. The van der Waals surface area contributed by atoms with Crippen LogP contribution in [0.2, 0.25) is 0 Å². The van der Waals surface area contributed by atoms with Crippen molar-refractivity contribution in [1.82, 2.24) is 4.98 Å². The van der Waals surface area contributed by atoms with Crippen LogP contribution in [-0.4, -0.2) is 34.2 Å². The molecule has 1 aliphatic heterocycles. The molecule has 0 unspecified atom stereocenters. The molecule has 0 atom stereocenters. The molecule has 3 aromatic carbocycles. The Bertz CT molecular complexity index is 1900. The lowest BCUT2D eigenvalue weighted by atomic mass is 9.93. The predicted octanol–water partition coefficient (Wildman–Crippen LogP) is 8.11. The normalized spacial score (nSPS) is 17.6. The number of alkyl halides is 2. The van der Waals surface area contributed by atoms with Gasteiger partial charge in [0.1, 0.15) is 5.75 Å². The second-order valence-electron chi connectivity index (χ2n) is 12.1. The predicted molar refractivity (Wildman–Crippen MR) is 175 cm³/mol. The van der Waals surface area contributed by atoms with E-state index in [1.165, 1.54) is 42.5 Å². The fourth-order valence-corrected chi connectivity index (χ4v) is 8.29. The minimum absolute atomic E-state index is 0.0132. The number of fused-ring (bicyclic) bond motifs is 6. The van der Waals surface area contributed by atoms with Gasteiger partial charge >= 0.3 is 0 Å². The van der Waals surface area contributed by atoms with Crippen LogP contribution in [0.15, 0.2) is 77.7 Å². The molecule has 0 saturated heterocycles. The number of benzene rings is 3. The summed E-state index contributed by atoms with van der Waals surface area (Å²) in [5.74, 6) is -3.12. The van der Waals surface area contributed by atoms with Crippen LogP contribution in [0.5, 0.6) is 5.75 Å². The van der Waals surface area contributed by atoms with E-state index >= 15 is 8.78 Å². The molecule has 1 aliphatic rings. The third-order valence-corrected chi connectivity index (χ3v) is 11.1. The molecule has 0 radical (unpaired) electrons. The number of rotatable bonds is 4. The molecule has 2 heterocycles. The fourth-order valence-electron chi connectivity index (χ4n) is 4.86. The van der Waals surface area contributed by atoms with Crippen molar-refractivity contribution in [2.45, 2.75) is 57.3 Å². The summed E-state index contributed by atoms with van der Waals surface area (Å²) in [6.45, 7) is 6.84. The summed E-state index contributed by atoms with van der Waals surface area (Å²) in [5.41, 5.74) is 0.821. The molecule has 45 heavy (non-hydrogen) atoms. The van der Waals surface area contributed by atoms with Gasteiger partial charge in [0.25, 0.3) is 15.9 Å². The van der Waals surface area contributed by atoms with E-state index in [1.54, 1.807) is 24.3 Å². The van der Waals surface area contributed by atoms with Crippen LogP contribution in [0, 0.1) is 5.41 Å². The van der Waals surface area contributed by atoms with E-state index in [0.717, 1.165) is 17.8 Å². The smallest absolute Gasteiger partial charge is 0.273 e. The first-order valence-electron chi connectivity index (χ1n) is 14.5. The van der Waals surface area contributed by atoms with Crippen molar-refractivity contribution in [1.29, 1.82) is 0 Å². The summed E-state index contributed by atoms with van der Waals surface area (Å²) in [5, 5.41) is -0.0347. The standard InChI is InChI=1S/C32H35F2N3O5S3/c1-31(2,3)17-18-42-24-12-8-10-22(20-24)29-28-26-14-4-5-15-27(26)32(33,34)16-6-7-19-44(38,39)36-23-11-9-13-25(21-23)45(40,41)37-30(35-28)43-29/h4-5,8-15,20-21,36H,6-7,16-19H2,1-3H3,(H,35,37). The van der Waals surface area contributed by atoms with Crippen LogP contribution in [-0.2, 0) is 26.0 Å². The highest BCUT2D eigenvalue weighted by molar-refractivity contribution is 7.93. The Balaban J connectivity index is 1.64. The Hall–Kier alpha value is -3.55. The summed E-state index contributed by atoms with van der Waals surface area (Å²) in [7, 11) is -8.15. The van der Waals surface area contributed by atoms with Gasteiger partial charge < -0.3 is 4.74 Å². The minimum atomic E-state index is -4.24. The lowest BCUT2D eigenvalue weighted by Gasteiger charge is -2.20. The second-order valence-corrected chi connectivity index (χ2v) is 16.7. The van der Waals surface area contributed by atoms with Crippen molar-refractivity contribution in [3.63, 3.8) is 0 Å². The molecule has 5 rings (SSSR count). The number of anilines is 2. The molecule has 13 heteroatoms. The van der Waals surface area contributed by atoms with Crippen LogP contribution in [0.1, 0.15) is 52.0 Å². The van der Waals surface area contributed by atoms with Gasteiger partial charge in [0.15, 0.2) is 5.13 Å². The first-order chi connectivity index (χ1) is 21.1. The van der Waals surface area contributed by atoms with Gasteiger partial charge in [0, 0.05) is 23.2 Å². The zero-order valence-electron chi connectivity index (χ0n) is 25.1. The minimum Gasteiger partial charge on any atom is -0.494 e. The highest BCUT2D eigenvalue weighted by Gasteiger charge is 2.35. The first kappa shape index (κ1) is 32.8. The zero-order chi connectivity index (χ0) is 32.5. The van der Waals surface area contributed by atoms with Gasteiger partial charge in [-0.05, 0) is 60.6 Å². The molecular formula is C32H35F2N3O5S3. The highest BCUT2D eigenvalue weighted by atomic mass is 32.2. The summed E-state index contributed by atoms with van der Waals surface area (Å²) >= 11 is 1.01. The van der Waals surface area contributed by atoms with E-state index in [0.29, 0.717) is 22.8 Å². The second kappa shape index (κ2) is 12.7. The number of thiazole rings is 1. The average Bonchev–Trinajstić information content (AvgIpc) is 3.37. The molecule has 0 spiro atoms. The third-order valence-electron chi connectivity index (χ3n) is 7.21. The van der Waals surface area contributed by atoms with Crippen molar-refractivity contribution < 1.29 is 30.4 Å². The number of nitrogens with zero attached hydrogens (tertiary/aromatic N) is 1. The average molecular weight is 676 g/mol. The first-order valence-corrected chi connectivity index (χ1v) is 18.4. The van der Waals surface area contributed by atoms with E-state index < -0.39 is 38.1 Å². The maximum Gasteiger partial charge on any atom is 0.273 e. The van der Waals surface area contributed by atoms with Gasteiger partial charge in [-0.2, -0.15) is 0 Å². The van der Waals surface area contributed by atoms with Gasteiger partial charge in [-0.25, -0.2) is 30.6 Å². The van der Waals surface area contributed by atoms with Crippen LogP contribution in [0.25, 0.3) is 21.7 Å². The maximum atomic E-state index is 15.8. The monoisotopic (exact) mass is 675 g/mol. The molecule has 0 saturated carbocycles. The number of ether oxygens (including phenoxy) is 1. The van der Waals surface area contributed by atoms with E-state index in [-0.39, 0.29) is 50.8 Å². The van der Waals surface area contributed by atoms with Crippen molar-refractivity contribution in [3.05, 3.63) is 78.4 Å². The summed E-state index contributed by atoms with van der Waals surface area (Å²) in [6, 6.07) is 18.6. The molecule has 240 valence electrons. The van der Waals surface area contributed by atoms with Crippen LogP contribution in [0.4, 0.5) is 19.6 Å². The quantitative estimate of drug-likeness (QED) is 0.226. The van der Waals surface area contributed by atoms with Gasteiger partial charge in [0.05, 0.1) is 27.8 Å². The molecule has 2 N–H and O–H groups in total. The molecule has 0 aliphatic carbocycles. The topological polar surface area (TPSA) is 114 Å². The zero-order valence-corrected chi connectivity index (χ0v) is 27.6. The van der Waals surface area contributed by atoms with Gasteiger partial charge in [-0.15, -0.1) is 0 Å². The van der Waals surface area contributed by atoms with Crippen molar-refractivity contribution in [3.8, 4) is 27.4 Å². The number of halogens is 2. The summed E-state index contributed by atoms with van der Waals surface area (Å²) in [4.78, 5) is 4.86. The molecule has 4 bridgehead atoms. The molecule has 0 amide bonds. The van der Waals surface area contributed by atoms with E-state index in [4.69, 9.17) is 4.74 Å². The Morgan fingerprint density at radius 3 is 2.47 bits per heavy atom. The number of nitrogens with one attached hydrogen (secondary N) is 2. The Morgan fingerprint density at radius 1 is 0.933 bits per heavy atom. The molecule has 8 nitrogen and oxygen atoms in total. The number of aromatic nitrogens is 1. The number of hydrogen-bond donors (Lipinski definition) is 2. The van der Waals surface area contributed by atoms with Crippen molar-refractivity contribution >= 4 is 42.2 Å². The Labute approximate surface area is 267 Å².